The van der Waals surface area contributed by atoms with Crippen molar-refractivity contribution in [2.45, 2.75) is 13.3 Å². The lowest BCUT2D eigenvalue weighted by Gasteiger charge is -2.22. The van der Waals surface area contributed by atoms with Crippen LogP contribution in [0.5, 0.6) is 11.5 Å². The number of amides is 2. The van der Waals surface area contributed by atoms with E-state index in [1.54, 1.807) is 18.2 Å². The van der Waals surface area contributed by atoms with Crippen molar-refractivity contribution in [1.29, 1.82) is 0 Å². The molecule has 0 fully saturated rings. The van der Waals surface area contributed by atoms with Crippen molar-refractivity contribution in [2.24, 2.45) is 0 Å². The molecular formula is C19H19F3N2O4. The second kappa shape index (κ2) is 9.12. The van der Waals surface area contributed by atoms with Crippen LogP contribution in [0.25, 0.3) is 0 Å². The van der Waals surface area contributed by atoms with Crippen LogP contribution in [0, 0.1) is 17.5 Å². The molecule has 6 nitrogen and oxygen atoms in total. The molecule has 2 aromatic carbocycles. The molecule has 2 amide bonds. The van der Waals surface area contributed by atoms with Crippen molar-refractivity contribution in [2.75, 3.05) is 31.0 Å². The Bertz CT molecular complexity index is 890. The average molecular weight is 396 g/mol. The number of halogens is 3. The van der Waals surface area contributed by atoms with Crippen LogP contribution in [-0.2, 0) is 9.59 Å². The second-order valence-corrected chi connectivity index (χ2v) is 5.73. The minimum Gasteiger partial charge on any atom is -0.497 e. The third kappa shape index (κ3) is 4.73. The van der Waals surface area contributed by atoms with Gasteiger partial charge >= 0.3 is 0 Å². The van der Waals surface area contributed by atoms with Gasteiger partial charge in [-0.05, 0) is 24.3 Å². The molecule has 0 spiro atoms. The summed E-state index contributed by atoms with van der Waals surface area (Å²) in [5.41, 5.74) is -0.0987. The molecule has 0 aliphatic rings. The van der Waals surface area contributed by atoms with Gasteiger partial charge in [-0.1, -0.05) is 0 Å². The molecule has 0 atom stereocenters. The van der Waals surface area contributed by atoms with Crippen LogP contribution in [-0.4, -0.2) is 32.6 Å². The molecule has 0 aromatic heterocycles. The fourth-order valence-electron chi connectivity index (χ4n) is 2.51. The van der Waals surface area contributed by atoms with E-state index in [-0.39, 0.29) is 13.0 Å². The van der Waals surface area contributed by atoms with E-state index in [0.29, 0.717) is 23.3 Å². The molecule has 0 radical (unpaired) electrons. The van der Waals surface area contributed by atoms with Crippen LogP contribution in [0.4, 0.5) is 24.5 Å². The van der Waals surface area contributed by atoms with Crippen molar-refractivity contribution in [3.05, 3.63) is 47.8 Å². The highest BCUT2D eigenvalue weighted by Gasteiger charge is 2.22. The Morgan fingerprint density at radius 1 is 1.04 bits per heavy atom. The summed E-state index contributed by atoms with van der Waals surface area (Å²) in [4.78, 5) is 25.0. The number of ether oxygens (including phenoxy) is 2. The van der Waals surface area contributed by atoms with Crippen LogP contribution in [0.15, 0.2) is 30.3 Å². The zero-order valence-corrected chi connectivity index (χ0v) is 15.5. The number of carbonyl (C=O) groups excluding carboxylic acids is 2. The predicted molar refractivity (Wildman–Crippen MR) is 97.1 cm³/mol. The van der Waals surface area contributed by atoms with Crippen molar-refractivity contribution in [3.63, 3.8) is 0 Å². The number of methoxy groups -OCH3 is 2. The van der Waals surface area contributed by atoms with E-state index in [9.17, 15) is 22.8 Å². The number of hydrogen-bond donors (Lipinski definition) is 1. The summed E-state index contributed by atoms with van der Waals surface area (Å²) in [6, 6.07) is 6.46. The van der Waals surface area contributed by atoms with Gasteiger partial charge in [0.25, 0.3) is 0 Å². The van der Waals surface area contributed by atoms with Crippen molar-refractivity contribution >= 4 is 23.2 Å². The minimum absolute atomic E-state index is 0.224. The fraction of sp³-hybridized carbons (Fsp3) is 0.263. The number of hydrogen-bond acceptors (Lipinski definition) is 4. The molecule has 2 aromatic rings. The monoisotopic (exact) mass is 396 g/mol. The van der Waals surface area contributed by atoms with Gasteiger partial charge in [-0.2, -0.15) is 0 Å². The molecule has 0 aliphatic heterocycles. The largest absolute Gasteiger partial charge is 0.497 e. The lowest BCUT2D eigenvalue weighted by Crippen LogP contribution is -2.33. The maximum atomic E-state index is 14.0. The highest BCUT2D eigenvalue weighted by atomic mass is 19.2. The molecule has 0 unspecified atom stereocenters. The Morgan fingerprint density at radius 2 is 1.75 bits per heavy atom. The lowest BCUT2D eigenvalue weighted by molar-refractivity contribution is -0.117. The van der Waals surface area contributed by atoms with Gasteiger partial charge in [0, 0.05) is 26.0 Å². The van der Waals surface area contributed by atoms with Crippen molar-refractivity contribution < 1.29 is 32.2 Å². The van der Waals surface area contributed by atoms with Crippen LogP contribution in [0.2, 0.25) is 0 Å². The summed E-state index contributed by atoms with van der Waals surface area (Å²) in [6.45, 7) is 0.888. The molecular weight excluding hydrogens is 377 g/mol. The fourth-order valence-corrected chi connectivity index (χ4v) is 2.51. The van der Waals surface area contributed by atoms with E-state index < -0.39 is 35.0 Å². The summed E-state index contributed by atoms with van der Waals surface area (Å²) in [6.07, 6.45) is -0.224. The van der Waals surface area contributed by atoms with Gasteiger partial charge in [0.1, 0.15) is 11.5 Å². The van der Waals surface area contributed by atoms with Gasteiger partial charge in [0.15, 0.2) is 17.5 Å². The summed E-state index contributed by atoms with van der Waals surface area (Å²) in [7, 11) is 2.90. The first-order chi connectivity index (χ1) is 13.3. The molecule has 1 N–H and O–H groups in total. The first kappa shape index (κ1) is 21.1. The molecule has 9 heteroatoms. The van der Waals surface area contributed by atoms with Gasteiger partial charge in [-0.25, -0.2) is 13.2 Å². The Labute approximate surface area is 159 Å². The summed E-state index contributed by atoms with van der Waals surface area (Å²) >= 11 is 0. The Kier molecular flexibility index (Phi) is 6.86. The van der Waals surface area contributed by atoms with Crippen LogP contribution in [0.1, 0.15) is 13.3 Å². The number of nitrogens with zero attached hydrogens (tertiary/aromatic N) is 1. The summed E-state index contributed by atoms with van der Waals surface area (Å²) in [5.74, 6) is -4.79. The van der Waals surface area contributed by atoms with E-state index >= 15 is 0 Å². The third-order valence-corrected chi connectivity index (χ3v) is 3.93. The SMILES string of the molecule is COc1ccc(OC)c(NC(=O)CCN(C(C)=O)c2ccc(F)c(F)c2F)c1. The average Bonchev–Trinajstić information content (AvgIpc) is 2.67. The summed E-state index contributed by atoms with van der Waals surface area (Å²) < 4.78 is 50.8. The number of anilines is 2. The normalized spacial score (nSPS) is 10.4. The van der Waals surface area contributed by atoms with E-state index in [1.165, 1.54) is 14.2 Å². The first-order valence-electron chi connectivity index (χ1n) is 8.22. The van der Waals surface area contributed by atoms with E-state index in [1.807, 2.05) is 0 Å². The molecule has 28 heavy (non-hydrogen) atoms. The minimum atomic E-state index is -1.69. The molecule has 0 bridgehead atoms. The second-order valence-electron chi connectivity index (χ2n) is 5.73. The molecule has 0 heterocycles. The number of carbonyl (C=O) groups is 2. The molecule has 0 saturated carbocycles. The number of nitrogens with one attached hydrogen (secondary N) is 1. The number of rotatable bonds is 7. The van der Waals surface area contributed by atoms with Gasteiger partial charge in [-0.15, -0.1) is 0 Å². The highest BCUT2D eigenvalue weighted by molar-refractivity contribution is 5.95. The quantitative estimate of drug-likeness (QED) is 0.728. The Balaban J connectivity index is 2.14. The van der Waals surface area contributed by atoms with Crippen LogP contribution < -0.4 is 19.7 Å². The van der Waals surface area contributed by atoms with Crippen LogP contribution >= 0.6 is 0 Å². The number of benzene rings is 2. The highest BCUT2D eigenvalue weighted by Crippen LogP contribution is 2.29. The van der Waals surface area contributed by atoms with Gasteiger partial charge < -0.3 is 19.7 Å². The van der Waals surface area contributed by atoms with Gasteiger partial charge in [0.2, 0.25) is 11.8 Å². The van der Waals surface area contributed by atoms with E-state index in [0.717, 1.165) is 17.9 Å². The zero-order chi connectivity index (χ0) is 20.8. The van der Waals surface area contributed by atoms with Gasteiger partial charge in [0.05, 0.1) is 25.6 Å². The third-order valence-electron chi connectivity index (χ3n) is 3.93. The topological polar surface area (TPSA) is 67.9 Å². The van der Waals surface area contributed by atoms with E-state index in [2.05, 4.69) is 5.32 Å². The standard InChI is InChI=1S/C19H19F3N2O4/c1-11(25)24(15-6-5-13(20)18(21)19(15)22)9-8-17(26)23-14-10-12(27-2)4-7-16(14)28-3/h4-7,10H,8-9H2,1-3H3,(H,23,26). The lowest BCUT2D eigenvalue weighted by atomic mass is 10.2. The van der Waals surface area contributed by atoms with Gasteiger partial charge in [-0.3, -0.25) is 9.59 Å². The molecule has 150 valence electrons. The molecule has 0 aliphatic carbocycles. The molecule has 0 saturated heterocycles. The zero-order valence-electron chi connectivity index (χ0n) is 15.5. The van der Waals surface area contributed by atoms with Crippen LogP contribution in [0.3, 0.4) is 0 Å². The first-order valence-corrected chi connectivity index (χ1v) is 8.22. The predicted octanol–water partition coefficient (Wildman–Crippen LogP) is 3.50. The van der Waals surface area contributed by atoms with E-state index in [4.69, 9.17) is 9.47 Å². The maximum absolute atomic E-state index is 14.0. The summed E-state index contributed by atoms with van der Waals surface area (Å²) in [5, 5.41) is 2.61. The molecule has 2 rings (SSSR count). The Hall–Kier alpha value is -3.23. The van der Waals surface area contributed by atoms with Crippen molar-refractivity contribution in [1.82, 2.24) is 0 Å². The Morgan fingerprint density at radius 3 is 2.36 bits per heavy atom. The maximum Gasteiger partial charge on any atom is 0.226 e. The van der Waals surface area contributed by atoms with Crippen molar-refractivity contribution in [3.8, 4) is 11.5 Å². The smallest absolute Gasteiger partial charge is 0.226 e.